The highest BCUT2D eigenvalue weighted by molar-refractivity contribution is 5.95. The SMILES string of the molecule is CC(=O)O.COc1cc(C(Nc2ccc(C(=N)N)cc2)c2nn(-c3cccnn3)c(=O)[nH]2)cc(CC#N)c1F. The molecule has 4 rings (SSSR count). The molecular weight excluding hydrogens is 509 g/mol. The summed E-state index contributed by atoms with van der Waals surface area (Å²) >= 11 is 0. The number of H-pyrrole nitrogens is 1. The van der Waals surface area contributed by atoms with Gasteiger partial charge in [0.25, 0.3) is 5.97 Å². The Morgan fingerprint density at radius 1 is 1.33 bits per heavy atom. The average molecular weight is 534 g/mol. The number of hydrogen-bond acceptors (Lipinski definition) is 9. The van der Waals surface area contributed by atoms with E-state index in [4.69, 9.17) is 31.0 Å². The van der Waals surface area contributed by atoms with E-state index >= 15 is 0 Å². The second-order valence-electron chi connectivity index (χ2n) is 7.93. The zero-order valence-corrected chi connectivity index (χ0v) is 20.8. The third-order valence-corrected chi connectivity index (χ3v) is 5.15. The molecule has 0 aliphatic carbocycles. The van der Waals surface area contributed by atoms with Crippen LogP contribution in [0.15, 0.2) is 59.5 Å². The molecule has 13 nitrogen and oxygen atoms in total. The van der Waals surface area contributed by atoms with Crippen molar-refractivity contribution in [2.45, 2.75) is 19.4 Å². The maximum Gasteiger partial charge on any atom is 0.349 e. The van der Waals surface area contributed by atoms with E-state index < -0.39 is 23.5 Å². The summed E-state index contributed by atoms with van der Waals surface area (Å²) in [6, 6.07) is 14.1. The highest BCUT2D eigenvalue weighted by atomic mass is 19.1. The lowest BCUT2D eigenvalue weighted by Crippen LogP contribution is -2.17. The monoisotopic (exact) mass is 533 g/mol. The summed E-state index contributed by atoms with van der Waals surface area (Å²) in [5.74, 6) is -1.19. The molecule has 1 atom stereocenters. The number of anilines is 1. The third-order valence-electron chi connectivity index (χ3n) is 5.15. The fourth-order valence-corrected chi connectivity index (χ4v) is 3.46. The van der Waals surface area contributed by atoms with E-state index in [1.807, 2.05) is 6.07 Å². The van der Waals surface area contributed by atoms with Crippen molar-refractivity contribution in [3.63, 3.8) is 0 Å². The first-order valence-electron chi connectivity index (χ1n) is 11.3. The van der Waals surface area contributed by atoms with E-state index in [0.717, 1.165) is 11.6 Å². The lowest BCUT2D eigenvalue weighted by molar-refractivity contribution is -0.134. The predicted molar refractivity (Wildman–Crippen MR) is 138 cm³/mol. The number of ether oxygens (including phenoxy) is 1. The molecule has 2 heterocycles. The van der Waals surface area contributed by atoms with Gasteiger partial charge in [-0.25, -0.2) is 9.18 Å². The van der Waals surface area contributed by atoms with Crippen molar-refractivity contribution in [3.8, 4) is 17.6 Å². The number of nitrogens with one attached hydrogen (secondary N) is 3. The van der Waals surface area contributed by atoms with Gasteiger partial charge < -0.3 is 20.9 Å². The molecule has 4 aromatic rings. The van der Waals surface area contributed by atoms with Crippen molar-refractivity contribution in [2.75, 3.05) is 12.4 Å². The van der Waals surface area contributed by atoms with E-state index in [2.05, 4.69) is 25.6 Å². The quantitative estimate of drug-likeness (QED) is 0.165. The van der Waals surface area contributed by atoms with E-state index in [9.17, 15) is 9.18 Å². The van der Waals surface area contributed by atoms with E-state index in [1.165, 1.54) is 25.4 Å². The van der Waals surface area contributed by atoms with Crippen molar-refractivity contribution in [1.82, 2.24) is 25.0 Å². The summed E-state index contributed by atoms with van der Waals surface area (Å²) in [7, 11) is 1.33. The van der Waals surface area contributed by atoms with Crippen LogP contribution in [-0.2, 0) is 11.2 Å². The van der Waals surface area contributed by atoms with Gasteiger partial charge in [-0.2, -0.15) is 15.0 Å². The summed E-state index contributed by atoms with van der Waals surface area (Å²) in [4.78, 5) is 24.4. The lowest BCUT2D eigenvalue weighted by Gasteiger charge is -2.20. The number of nitriles is 1. The fourth-order valence-electron chi connectivity index (χ4n) is 3.46. The van der Waals surface area contributed by atoms with Gasteiger partial charge in [0, 0.05) is 29.9 Å². The number of nitrogens with zero attached hydrogens (tertiary/aromatic N) is 5. The van der Waals surface area contributed by atoms with E-state index in [-0.39, 0.29) is 35.2 Å². The largest absolute Gasteiger partial charge is 0.494 e. The Labute approximate surface area is 221 Å². The van der Waals surface area contributed by atoms with Gasteiger partial charge in [0.2, 0.25) is 0 Å². The van der Waals surface area contributed by atoms with Crippen LogP contribution in [0.4, 0.5) is 10.1 Å². The summed E-state index contributed by atoms with van der Waals surface area (Å²) in [5.41, 5.74) is 6.76. The average Bonchev–Trinajstić information content (AvgIpc) is 3.30. The normalized spacial score (nSPS) is 10.9. The van der Waals surface area contributed by atoms with Gasteiger partial charge in [0.05, 0.1) is 19.6 Å². The molecule has 39 heavy (non-hydrogen) atoms. The molecule has 6 N–H and O–H groups in total. The van der Waals surface area contributed by atoms with Crippen LogP contribution >= 0.6 is 0 Å². The number of hydrogen-bond donors (Lipinski definition) is 5. The van der Waals surface area contributed by atoms with Crippen LogP contribution in [0, 0.1) is 22.6 Å². The summed E-state index contributed by atoms with van der Waals surface area (Å²) in [5, 5.41) is 39.5. The standard InChI is InChI=1S/C23H20FN9O2.C2H4O2/c1-35-17-12-15(11-14(8-9-25)19(17)24)20(29-16-6-4-13(5-7-16)21(26)27)22-30-23(34)33(32-22)18-3-2-10-28-31-18;1-2(3)4/h2-7,10-12,20,29H,8H2,1H3,(H3,26,27)(H,30,32,34);1H3,(H,3,4). The predicted octanol–water partition coefficient (Wildman–Crippen LogP) is 2.14. The van der Waals surface area contributed by atoms with E-state index in [0.29, 0.717) is 16.8 Å². The molecule has 0 saturated heterocycles. The van der Waals surface area contributed by atoms with Gasteiger partial charge in [0.1, 0.15) is 11.9 Å². The number of carboxylic acids is 1. The Hall–Kier alpha value is -5.58. The maximum absolute atomic E-state index is 14.7. The molecule has 0 spiro atoms. The van der Waals surface area contributed by atoms with Crippen LogP contribution in [0.5, 0.6) is 5.75 Å². The van der Waals surface area contributed by atoms with Crippen molar-refractivity contribution < 1.29 is 19.0 Å². The zero-order chi connectivity index (χ0) is 28.5. The number of aliphatic carboxylic acids is 1. The number of carboxylic acid groups (broad SMARTS) is 1. The van der Waals surface area contributed by atoms with Crippen LogP contribution in [0.3, 0.4) is 0 Å². The number of nitrogen functional groups attached to an aromatic ring is 1. The number of methoxy groups -OCH3 is 1. The molecule has 2 aromatic carbocycles. The van der Waals surface area contributed by atoms with Crippen LogP contribution < -0.4 is 21.5 Å². The molecule has 14 heteroatoms. The smallest absolute Gasteiger partial charge is 0.349 e. The minimum absolute atomic E-state index is 0.0535. The summed E-state index contributed by atoms with van der Waals surface area (Å²) in [6.07, 6.45) is 1.29. The van der Waals surface area contributed by atoms with Crippen LogP contribution in [-0.4, -0.2) is 49.0 Å². The summed E-state index contributed by atoms with van der Waals surface area (Å²) in [6.45, 7) is 1.08. The number of benzene rings is 2. The highest BCUT2D eigenvalue weighted by Crippen LogP contribution is 2.31. The Morgan fingerprint density at radius 3 is 2.59 bits per heavy atom. The maximum atomic E-state index is 14.7. The molecule has 0 bridgehead atoms. The van der Waals surface area contributed by atoms with Crippen molar-refractivity contribution >= 4 is 17.5 Å². The second-order valence-corrected chi connectivity index (χ2v) is 7.93. The zero-order valence-electron chi connectivity index (χ0n) is 20.8. The van der Waals surface area contributed by atoms with Gasteiger partial charge in [-0.3, -0.25) is 15.2 Å². The van der Waals surface area contributed by atoms with Crippen molar-refractivity contribution in [3.05, 3.63) is 93.5 Å². The molecule has 0 aliphatic heterocycles. The number of halogens is 1. The van der Waals surface area contributed by atoms with Gasteiger partial charge in [-0.05, 0) is 54.1 Å². The first-order valence-corrected chi connectivity index (χ1v) is 11.3. The topological polar surface area (TPSA) is 209 Å². The van der Waals surface area contributed by atoms with Crippen molar-refractivity contribution in [2.24, 2.45) is 5.73 Å². The van der Waals surface area contributed by atoms with Gasteiger partial charge >= 0.3 is 5.69 Å². The number of carbonyl (C=O) groups is 1. The number of nitrogens with two attached hydrogens (primary N) is 1. The van der Waals surface area contributed by atoms with Gasteiger partial charge in [-0.15, -0.1) is 10.2 Å². The lowest BCUT2D eigenvalue weighted by atomic mass is 10.00. The number of aromatic amines is 1. The van der Waals surface area contributed by atoms with E-state index in [1.54, 1.807) is 36.4 Å². The molecule has 0 radical (unpaired) electrons. The van der Waals surface area contributed by atoms with Crippen LogP contribution in [0.1, 0.15) is 35.5 Å². The molecule has 1 unspecified atom stereocenters. The Bertz CT molecular complexity index is 1560. The Balaban J connectivity index is 0.000000983. The van der Waals surface area contributed by atoms with Crippen molar-refractivity contribution in [1.29, 1.82) is 10.7 Å². The number of aromatic nitrogens is 5. The molecule has 0 aliphatic rings. The first-order chi connectivity index (χ1) is 18.6. The number of amidine groups is 1. The fraction of sp³-hybridized carbons (Fsp3) is 0.160. The van der Waals surface area contributed by atoms with Crippen LogP contribution in [0.2, 0.25) is 0 Å². The summed E-state index contributed by atoms with van der Waals surface area (Å²) < 4.78 is 21.0. The Morgan fingerprint density at radius 2 is 2.03 bits per heavy atom. The molecule has 0 fully saturated rings. The number of rotatable bonds is 8. The molecule has 0 saturated carbocycles. The van der Waals surface area contributed by atoms with Gasteiger partial charge in [-0.1, -0.05) is 0 Å². The van der Waals surface area contributed by atoms with Crippen LogP contribution in [0.25, 0.3) is 5.82 Å². The minimum atomic E-state index is -0.833. The molecule has 0 amide bonds. The second kappa shape index (κ2) is 12.6. The highest BCUT2D eigenvalue weighted by Gasteiger charge is 2.24. The third kappa shape index (κ3) is 7.01. The molecule has 2 aromatic heterocycles. The molecular formula is C25H24FN9O4. The first kappa shape index (κ1) is 28.0. The van der Waals surface area contributed by atoms with Gasteiger partial charge in [0.15, 0.2) is 23.2 Å². The molecule has 200 valence electrons. The Kier molecular flexibility index (Phi) is 9.04. The minimum Gasteiger partial charge on any atom is -0.494 e.